The molecule has 1 unspecified atom stereocenters. The zero-order valence-electron chi connectivity index (χ0n) is 13.6. The topological polar surface area (TPSA) is 54.5 Å². The van der Waals surface area contributed by atoms with E-state index in [1.54, 1.807) is 6.92 Å². The maximum absolute atomic E-state index is 12.2. The molecular formula is C20H19NO3. The number of carbonyl (C=O) groups is 3. The second-order valence-corrected chi connectivity index (χ2v) is 6.17. The van der Waals surface area contributed by atoms with Crippen molar-refractivity contribution < 1.29 is 14.4 Å². The van der Waals surface area contributed by atoms with E-state index in [4.69, 9.17) is 0 Å². The Morgan fingerprint density at radius 1 is 1.08 bits per heavy atom. The summed E-state index contributed by atoms with van der Waals surface area (Å²) in [5, 5.41) is 0. The first-order valence-electron chi connectivity index (χ1n) is 7.97. The molecule has 1 heterocycles. The summed E-state index contributed by atoms with van der Waals surface area (Å²) >= 11 is 0. The van der Waals surface area contributed by atoms with Gasteiger partial charge in [-0.3, -0.25) is 19.3 Å². The molecule has 1 aliphatic heterocycles. The molecule has 0 aromatic heterocycles. The van der Waals surface area contributed by atoms with Gasteiger partial charge < -0.3 is 0 Å². The molecule has 24 heavy (non-hydrogen) atoms. The van der Waals surface area contributed by atoms with Gasteiger partial charge in [0.25, 0.3) is 0 Å². The molecule has 0 aliphatic carbocycles. The van der Waals surface area contributed by atoms with Crippen LogP contribution in [-0.2, 0) is 33.9 Å². The maximum atomic E-state index is 12.2. The molecule has 1 atom stereocenters. The van der Waals surface area contributed by atoms with Crippen LogP contribution < -0.4 is 0 Å². The minimum atomic E-state index is -0.538. The van der Waals surface area contributed by atoms with Gasteiger partial charge in [-0.15, -0.1) is 0 Å². The fourth-order valence-corrected chi connectivity index (χ4v) is 3.37. The van der Waals surface area contributed by atoms with Crippen LogP contribution in [0.2, 0.25) is 0 Å². The summed E-state index contributed by atoms with van der Waals surface area (Å²) in [6, 6.07) is 14.9. The lowest BCUT2D eigenvalue weighted by atomic mass is 10.00. The minimum absolute atomic E-state index is 0.104. The van der Waals surface area contributed by atoms with Crippen molar-refractivity contribution in [3.8, 4) is 0 Å². The monoisotopic (exact) mass is 321 g/mol. The number of carbonyl (C=O) groups excluding carboxylic acids is 3. The molecule has 0 saturated heterocycles. The van der Waals surface area contributed by atoms with Crippen molar-refractivity contribution in [3.05, 3.63) is 70.8 Å². The van der Waals surface area contributed by atoms with Crippen LogP contribution in [-0.4, -0.2) is 22.8 Å². The van der Waals surface area contributed by atoms with E-state index in [9.17, 15) is 14.4 Å². The van der Waals surface area contributed by atoms with E-state index >= 15 is 0 Å². The smallest absolute Gasteiger partial charge is 0.216 e. The van der Waals surface area contributed by atoms with Gasteiger partial charge in [-0.25, -0.2) is 0 Å². The number of fused-ring (bicyclic) bond motifs is 1. The van der Waals surface area contributed by atoms with Crippen LogP contribution in [0.4, 0.5) is 0 Å². The number of Topliss-reactive ketones (excluding diaryl/α,β-unsaturated/α-hetero) is 2. The van der Waals surface area contributed by atoms with Crippen molar-refractivity contribution >= 4 is 17.9 Å². The van der Waals surface area contributed by atoms with Crippen molar-refractivity contribution in [3.63, 3.8) is 0 Å². The second kappa shape index (κ2) is 6.89. The number of hydrogen-bond donors (Lipinski definition) is 0. The first-order chi connectivity index (χ1) is 11.6. The first-order valence-corrected chi connectivity index (χ1v) is 7.97. The van der Waals surface area contributed by atoms with E-state index in [0.29, 0.717) is 25.8 Å². The molecule has 0 saturated carbocycles. The SMILES string of the molecule is CC(=O)Cc1ccccc1CN1Cc2ccccc2C1C(=O)C=O. The van der Waals surface area contributed by atoms with Gasteiger partial charge in [-0.05, 0) is 29.2 Å². The summed E-state index contributed by atoms with van der Waals surface area (Å²) in [5.41, 5.74) is 3.96. The second-order valence-electron chi connectivity index (χ2n) is 6.17. The van der Waals surface area contributed by atoms with Crippen molar-refractivity contribution in [2.24, 2.45) is 0 Å². The van der Waals surface area contributed by atoms with Crippen LogP contribution >= 0.6 is 0 Å². The van der Waals surface area contributed by atoms with E-state index in [0.717, 1.165) is 22.3 Å². The van der Waals surface area contributed by atoms with Crippen molar-refractivity contribution in [1.82, 2.24) is 4.90 Å². The van der Waals surface area contributed by atoms with E-state index in [1.807, 2.05) is 53.4 Å². The Balaban J connectivity index is 1.92. The fraction of sp³-hybridized carbons (Fsp3) is 0.250. The molecular weight excluding hydrogens is 302 g/mol. The van der Waals surface area contributed by atoms with Crippen LogP contribution in [0.3, 0.4) is 0 Å². The number of ketones is 2. The van der Waals surface area contributed by atoms with E-state index < -0.39 is 11.8 Å². The molecule has 2 aromatic carbocycles. The third-order valence-electron chi connectivity index (χ3n) is 4.41. The molecule has 0 fully saturated rings. The molecule has 4 nitrogen and oxygen atoms in total. The summed E-state index contributed by atoms with van der Waals surface area (Å²) in [6.45, 7) is 2.72. The van der Waals surface area contributed by atoms with Crippen LogP contribution in [0.1, 0.15) is 35.2 Å². The highest BCUT2D eigenvalue weighted by molar-refractivity contribution is 6.27. The minimum Gasteiger partial charge on any atom is -0.300 e. The molecule has 122 valence electrons. The molecule has 0 spiro atoms. The molecule has 3 rings (SSSR count). The average Bonchev–Trinajstić information content (AvgIpc) is 2.93. The highest BCUT2D eigenvalue weighted by Gasteiger charge is 2.35. The summed E-state index contributed by atoms with van der Waals surface area (Å²) < 4.78 is 0. The Bertz CT molecular complexity index is 797. The summed E-state index contributed by atoms with van der Waals surface area (Å²) in [7, 11) is 0. The molecule has 1 aliphatic rings. The molecule has 2 aromatic rings. The van der Waals surface area contributed by atoms with E-state index in [-0.39, 0.29) is 5.78 Å². The number of aldehydes is 1. The lowest BCUT2D eigenvalue weighted by Gasteiger charge is -2.23. The van der Waals surface area contributed by atoms with Crippen LogP contribution in [0, 0.1) is 0 Å². The predicted octanol–water partition coefficient (Wildman–Crippen LogP) is 2.64. The Hall–Kier alpha value is -2.59. The summed E-state index contributed by atoms with van der Waals surface area (Å²) in [6.07, 6.45) is 0.782. The Morgan fingerprint density at radius 3 is 2.46 bits per heavy atom. The predicted molar refractivity (Wildman–Crippen MR) is 90.3 cm³/mol. The van der Waals surface area contributed by atoms with Crippen molar-refractivity contribution in [2.75, 3.05) is 0 Å². The van der Waals surface area contributed by atoms with Gasteiger partial charge in [-0.2, -0.15) is 0 Å². The standard InChI is InChI=1S/C20H19NO3/c1-14(23)10-15-6-2-3-7-16(15)11-21-12-17-8-4-5-9-18(17)20(21)19(24)13-22/h2-9,13,20H,10-12H2,1H3. The van der Waals surface area contributed by atoms with Gasteiger partial charge in [0.2, 0.25) is 5.78 Å². The molecule has 0 N–H and O–H groups in total. The molecule has 0 radical (unpaired) electrons. The average molecular weight is 321 g/mol. The van der Waals surface area contributed by atoms with Gasteiger partial charge in [0.1, 0.15) is 11.8 Å². The largest absolute Gasteiger partial charge is 0.300 e. The Kier molecular flexibility index (Phi) is 4.67. The summed E-state index contributed by atoms with van der Waals surface area (Å²) in [4.78, 5) is 36.8. The fourth-order valence-electron chi connectivity index (χ4n) is 3.37. The van der Waals surface area contributed by atoms with Crippen molar-refractivity contribution in [2.45, 2.75) is 32.5 Å². The maximum Gasteiger partial charge on any atom is 0.216 e. The van der Waals surface area contributed by atoms with Gasteiger partial charge >= 0.3 is 0 Å². The lowest BCUT2D eigenvalue weighted by molar-refractivity contribution is -0.133. The Morgan fingerprint density at radius 2 is 1.75 bits per heavy atom. The number of benzene rings is 2. The van der Waals surface area contributed by atoms with Gasteiger partial charge in [0, 0.05) is 19.5 Å². The van der Waals surface area contributed by atoms with Crippen LogP contribution in [0.15, 0.2) is 48.5 Å². The van der Waals surface area contributed by atoms with E-state index in [2.05, 4.69) is 0 Å². The zero-order chi connectivity index (χ0) is 17.1. The molecule has 0 bridgehead atoms. The molecule has 4 heteroatoms. The van der Waals surface area contributed by atoms with Crippen LogP contribution in [0.5, 0.6) is 0 Å². The first kappa shape index (κ1) is 16.3. The number of nitrogens with zero attached hydrogens (tertiary/aromatic N) is 1. The normalized spacial score (nSPS) is 16.6. The third-order valence-corrected chi connectivity index (χ3v) is 4.41. The number of rotatable bonds is 6. The van der Waals surface area contributed by atoms with E-state index in [1.165, 1.54) is 0 Å². The van der Waals surface area contributed by atoms with Gasteiger partial charge in [-0.1, -0.05) is 48.5 Å². The third kappa shape index (κ3) is 3.19. The highest BCUT2D eigenvalue weighted by atomic mass is 16.2. The zero-order valence-corrected chi connectivity index (χ0v) is 13.6. The highest BCUT2D eigenvalue weighted by Crippen LogP contribution is 2.35. The number of hydrogen-bond acceptors (Lipinski definition) is 4. The molecule has 0 amide bonds. The van der Waals surface area contributed by atoms with Crippen LogP contribution in [0.25, 0.3) is 0 Å². The van der Waals surface area contributed by atoms with Gasteiger partial charge in [0.15, 0.2) is 6.29 Å². The quantitative estimate of drug-likeness (QED) is 0.606. The lowest BCUT2D eigenvalue weighted by Crippen LogP contribution is -2.29. The summed E-state index contributed by atoms with van der Waals surface area (Å²) in [5.74, 6) is -0.323. The Labute approximate surface area is 141 Å². The van der Waals surface area contributed by atoms with Crippen molar-refractivity contribution in [1.29, 1.82) is 0 Å². The van der Waals surface area contributed by atoms with Gasteiger partial charge in [0.05, 0.1) is 0 Å².